The van der Waals surface area contributed by atoms with Gasteiger partial charge in [-0.3, -0.25) is 0 Å². The Morgan fingerprint density at radius 2 is 2.00 bits per heavy atom. The van der Waals surface area contributed by atoms with Crippen LogP contribution in [0.2, 0.25) is 0 Å². The summed E-state index contributed by atoms with van der Waals surface area (Å²) < 4.78 is 0. The molecule has 2 atom stereocenters. The first-order chi connectivity index (χ1) is 8.94. The Hall–Kier alpha value is -1.02. The number of nitrogens with one attached hydrogen (secondary N) is 1. The molecule has 1 aromatic rings. The second-order valence-corrected chi connectivity index (χ2v) is 6.88. The van der Waals surface area contributed by atoms with Crippen LogP contribution < -0.4 is 5.32 Å². The van der Waals surface area contributed by atoms with E-state index in [1.165, 1.54) is 24.8 Å². The van der Waals surface area contributed by atoms with Gasteiger partial charge in [-0.05, 0) is 62.1 Å². The molecule has 2 unspecified atom stereocenters. The Morgan fingerprint density at radius 3 is 2.58 bits per heavy atom. The Balaban J connectivity index is 1.73. The van der Waals surface area contributed by atoms with Gasteiger partial charge in [0.2, 0.25) is 0 Å². The number of phenols is 1. The average Bonchev–Trinajstić information content (AvgIpc) is 2.68. The lowest BCUT2D eigenvalue weighted by Gasteiger charge is -2.21. The van der Waals surface area contributed by atoms with E-state index in [4.69, 9.17) is 0 Å². The second-order valence-electron chi connectivity index (χ2n) is 6.88. The molecule has 0 bridgehead atoms. The summed E-state index contributed by atoms with van der Waals surface area (Å²) in [6.45, 7) is 7.03. The number of hydrogen-bond donors (Lipinski definition) is 2. The van der Waals surface area contributed by atoms with Gasteiger partial charge in [0.15, 0.2) is 0 Å². The minimum Gasteiger partial charge on any atom is -0.508 e. The summed E-state index contributed by atoms with van der Waals surface area (Å²) in [5, 5.41) is 13.0. The highest BCUT2D eigenvalue weighted by atomic mass is 16.3. The summed E-state index contributed by atoms with van der Waals surface area (Å²) >= 11 is 0. The molecule has 19 heavy (non-hydrogen) atoms. The molecule has 1 aliphatic rings. The van der Waals surface area contributed by atoms with Gasteiger partial charge in [-0.2, -0.15) is 0 Å². The average molecular weight is 261 g/mol. The van der Waals surface area contributed by atoms with Gasteiger partial charge >= 0.3 is 0 Å². The summed E-state index contributed by atoms with van der Waals surface area (Å²) in [6.07, 6.45) is 6.19. The third-order valence-corrected chi connectivity index (χ3v) is 4.29. The smallest absolute Gasteiger partial charge is 0.115 e. The lowest BCUT2D eigenvalue weighted by atomic mass is 9.91. The Kier molecular flexibility index (Phi) is 4.51. The number of aryl methyl sites for hydroxylation is 1. The Labute approximate surface area is 117 Å². The number of phenolic OH excluding ortho intramolecular Hbond substituents is 1. The van der Waals surface area contributed by atoms with Gasteiger partial charge in [-0.15, -0.1) is 0 Å². The molecule has 0 amide bonds. The minimum absolute atomic E-state index is 0.350. The molecule has 0 spiro atoms. The standard InChI is InChI=1S/C17H27NO/c1-13(18-15-10-11-17(2,3)12-15)4-5-14-6-8-16(19)9-7-14/h6-9,13,15,18-19H,4-5,10-12H2,1-3H3. The van der Waals surface area contributed by atoms with Crippen LogP contribution in [0, 0.1) is 5.41 Å². The van der Waals surface area contributed by atoms with Gasteiger partial charge in [0.05, 0.1) is 0 Å². The van der Waals surface area contributed by atoms with Gasteiger partial charge in [-0.1, -0.05) is 26.0 Å². The van der Waals surface area contributed by atoms with Crippen LogP contribution in [-0.2, 0) is 6.42 Å². The van der Waals surface area contributed by atoms with Crippen molar-refractivity contribution in [3.05, 3.63) is 29.8 Å². The summed E-state index contributed by atoms with van der Waals surface area (Å²) in [5.41, 5.74) is 1.83. The van der Waals surface area contributed by atoms with Gasteiger partial charge in [0.25, 0.3) is 0 Å². The van der Waals surface area contributed by atoms with Crippen LogP contribution in [0.4, 0.5) is 0 Å². The van der Waals surface area contributed by atoms with Gasteiger partial charge in [-0.25, -0.2) is 0 Å². The van der Waals surface area contributed by atoms with Crippen LogP contribution in [0.3, 0.4) is 0 Å². The van der Waals surface area contributed by atoms with Gasteiger partial charge < -0.3 is 10.4 Å². The zero-order chi connectivity index (χ0) is 13.9. The van der Waals surface area contributed by atoms with Crippen molar-refractivity contribution in [2.24, 2.45) is 5.41 Å². The zero-order valence-electron chi connectivity index (χ0n) is 12.4. The van der Waals surface area contributed by atoms with E-state index in [9.17, 15) is 5.11 Å². The fourth-order valence-corrected chi connectivity index (χ4v) is 3.11. The highest BCUT2D eigenvalue weighted by Crippen LogP contribution is 2.37. The summed E-state index contributed by atoms with van der Waals surface area (Å²) in [6, 6.07) is 8.83. The molecule has 2 rings (SSSR count). The lowest BCUT2D eigenvalue weighted by molar-refractivity contribution is 0.351. The molecule has 1 saturated carbocycles. The molecule has 1 aromatic carbocycles. The van der Waals surface area contributed by atoms with E-state index in [1.807, 2.05) is 12.1 Å². The largest absolute Gasteiger partial charge is 0.508 e. The van der Waals surface area contributed by atoms with Crippen LogP contribution in [0.1, 0.15) is 52.0 Å². The van der Waals surface area contributed by atoms with Crippen LogP contribution in [0.25, 0.3) is 0 Å². The molecular weight excluding hydrogens is 234 g/mol. The van der Waals surface area contributed by atoms with Crippen LogP contribution in [-0.4, -0.2) is 17.2 Å². The van der Waals surface area contributed by atoms with Crippen LogP contribution in [0.15, 0.2) is 24.3 Å². The van der Waals surface area contributed by atoms with E-state index >= 15 is 0 Å². The van der Waals surface area contributed by atoms with E-state index in [0.29, 0.717) is 23.2 Å². The molecule has 2 N–H and O–H groups in total. The van der Waals surface area contributed by atoms with Gasteiger partial charge in [0.1, 0.15) is 5.75 Å². The normalized spacial score (nSPS) is 23.4. The highest BCUT2D eigenvalue weighted by molar-refractivity contribution is 5.25. The molecule has 0 aromatic heterocycles. The molecule has 1 fully saturated rings. The van der Waals surface area contributed by atoms with Crippen molar-refractivity contribution in [3.8, 4) is 5.75 Å². The first-order valence-electron chi connectivity index (χ1n) is 7.49. The van der Waals surface area contributed by atoms with Crippen molar-refractivity contribution >= 4 is 0 Å². The molecule has 0 radical (unpaired) electrons. The van der Waals surface area contributed by atoms with E-state index in [-0.39, 0.29) is 0 Å². The first-order valence-corrected chi connectivity index (χ1v) is 7.49. The van der Waals surface area contributed by atoms with Crippen molar-refractivity contribution in [1.29, 1.82) is 0 Å². The molecule has 0 saturated heterocycles. The zero-order valence-corrected chi connectivity index (χ0v) is 12.4. The third-order valence-electron chi connectivity index (χ3n) is 4.29. The third kappa shape index (κ3) is 4.54. The van der Waals surface area contributed by atoms with Crippen molar-refractivity contribution in [2.45, 2.75) is 65.0 Å². The highest BCUT2D eigenvalue weighted by Gasteiger charge is 2.31. The molecule has 2 heteroatoms. The monoisotopic (exact) mass is 261 g/mol. The molecule has 0 heterocycles. The summed E-state index contributed by atoms with van der Waals surface area (Å²) in [4.78, 5) is 0. The number of benzene rings is 1. The Morgan fingerprint density at radius 1 is 1.32 bits per heavy atom. The topological polar surface area (TPSA) is 32.3 Å². The van der Waals surface area contributed by atoms with Crippen molar-refractivity contribution in [1.82, 2.24) is 5.32 Å². The second kappa shape index (κ2) is 5.96. The Bertz CT molecular complexity index is 396. The maximum Gasteiger partial charge on any atom is 0.115 e. The first kappa shape index (κ1) is 14.4. The maximum atomic E-state index is 9.26. The number of aromatic hydroxyl groups is 1. The summed E-state index contributed by atoms with van der Waals surface area (Å²) in [7, 11) is 0. The predicted molar refractivity (Wildman–Crippen MR) is 80.4 cm³/mol. The van der Waals surface area contributed by atoms with E-state index in [0.717, 1.165) is 12.8 Å². The predicted octanol–water partition coefficient (Wildman–Crippen LogP) is 3.88. The number of hydrogen-bond acceptors (Lipinski definition) is 2. The SMILES string of the molecule is CC(CCc1ccc(O)cc1)NC1CCC(C)(C)C1. The molecule has 0 aliphatic heterocycles. The fourth-order valence-electron chi connectivity index (χ4n) is 3.11. The maximum absolute atomic E-state index is 9.26. The van der Waals surface area contributed by atoms with Crippen molar-refractivity contribution in [2.75, 3.05) is 0 Å². The van der Waals surface area contributed by atoms with Gasteiger partial charge in [0, 0.05) is 12.1 Å². The van der Waals surface area contributed by atoms with Crippen molar-refractivity contribution < 1.29 is 5.11 Å². The molecular formula is C17H27NO. The van der Waals surface area contributed by atoms with E-state index in [1.54, 1.807) is 12.1 Å². The summed E-state index contributed by atoms with van der Waals surface area (Å²) in [5.74, 6) is 0.350. The fraction of sp³-hybridized carbons (Fsp3) is 0.647. The van der Waals surface area contributed by atoms with Crippen molar-refractivity contribution in [3.63, 3.8) is 0 Å². The van der Waals surface area contributed by atoms with E-state index in [2.05, 4.69) is 26.1 Å². The molecule has 2 nitrogen and oxygen atoms in total. The van der Waals surface area contributed by atoms with Crippen LogP contribution >= 0.6 is 0 Å². The minimum atomic E-state index is 0.350. The van der Waals surface area contributed by atoms with Crippen LogP contribution in [0.5, 0.6) is 5.75 Å². The number of rotatable bonds is 5. The van der Waals surface area contributed by atoms with E-state index < -0.39 is 0 Å². The quantitative estimate of drug-likeness (QED) is 0.843. The molecule has 106 valence electrons. The lowest BCUT2D eigenvalue weighted by Crippen LogP contribution is -2.35. The molecule has 1 aliphatic carbocycles.